The van der Waals surface area contributed by atoms with Gasteiger partial charge < -0.3 is 24.4 Å². The second-order valence-electron chi connectivity index (χ2n) is 8.75. The van der Waals surface area contributed by atoms with Crippen LogP contribution in [0, 0.1) is 0 Å². The molecule has 1 saturated heterocycles. The van der Waals surface area contributed by atoms with Crippen molar-refractivity contribution in [3.05, 3.63) is 89.5 Å². The first kappa shape index (κ1) is 26.8. The summed E-state index contributed by atoms with van der Waals surface area (Å²) in [5.74, 6) is -0.832. The number of benzene rings is 3. The number of alkyl halides is 3. The van der Waals surface area contributed by atoms with Crippen LogP contribution in [0.2, 0.25) is 0 Å². The number of methoxy groups -OCH3 is 2. The number of nitrogens with zero attached hydrogens (tertiary/aromatic N) is 1. The first-order valence-corrected chi connectivity index (χ1v) is 11.9. The summed E-state index contributed by atoms with van der Waals surface area (Å²) in [6, 6.07) is 19.1. The lowest BCUT2D eigenvalue weighted by molar-refractivity contribution is -0.274. The van der Waals surface area contributed by atoms with Gasteiger partial charge in [0, 0.05) is 30.6 Å². The van der Waals surface area contributed by atoms with Gasteiger partial charge in [0.15, 0.2) is 11.5 Å². The van der Waals surface area contributed by atoms with Crippen molar-refractivity contribution >= 4 is 11.8 Å². The lowest BCUT2D eigenvalue weighted by atomic mass is 9.85. The van der Waals surface area contributed by atoms with E-state index in [2.05, 4.69) is 10.1 Å². The van der Waals surface area contributed by atoms with Crippen molar-refractivity contribution in [2.45, 2.75) is 24.7 Å². The molecule has 0 spiro atoms. The second kappa shape index (κ2) is 11.5. The van der Waals surface area contributed by atoms with Crippen LogP contribution in [0.15, 0.2) is 72.8 Å². The van der Waals surface area contributed by atoms with Crippen LogP contribution >= 0.6 is 0 Å². The molecule has 3 aromatic carbocycles. The molecular formula is C28H27F3N2O5. The fraction of sp³-hybridized carbons (Fsp3) is 0.286. The number of ether oxygens (including phenoxy) is 3. The van der Waals surface area contributed by atoms with Crippen molar-refractivity contribution in [2.75, 3.05) is 27.3 Å². The number of para-hydroxylation sites is 1. The number of carbonyl (C=O) groups excluding carboxylic acids is 2. The van der Waals surface area contributed by atoms with E-state index in [0.29, 0.717) is 36.6 Å². The summed E-state index contributed by atoms with van der Waals surface area (Å²) in [5, 5.41) is 2.88. The Bertz CT molecular complexity index is 1280. The highest BCUT2D eigenvalue weighted by atomic mass is 19.4. The zero-order valence-corrected chi connectivity index (χ0v) is 20.8. The van der Waals surface area contributed by atoms with E-state index in [1.165, 1.54) is 32.4 Å². The fourth-order valence-electron chi connectivity index (χ4n) is 4.61. The molecule has 0 aromatic heterocycles. The molecule has 1 N–H and O–H groups in total. The number of carbonyl (C=O) groups is 2. The van der Waals surface area contributed by atoms with E-state index < -0.39 is 24.1 Å². The molecule has 1 aliphatic heterocycles. The van der Waals surface area contributed by atoms with Crippen LogP contribution in [0.4, 0.5) is 13.2 Å². The van der Waals surface area contributed by atoms with Crippen molar-refractivity contribution in [1.82, 2.24) is 10.2 Å². The van der Waals surface area contributed by atoms with Crippen LogP contribution in [0.1, 0.15) is 38.6 Å². The van der Waals surface area contributed by atoms with Gasteiger partial charge in [0.2, 0.25) is 0 Å². The molecule has 1 aliphatic rings. The average Bonchev–Trinajstić information content (AvgIpc) is 2.92. The Morgan fingerprint density at radius 3 is 2.26 bits per heavy atom. The number of rotatable bonds is 7. The molecule has 7 nitrogen and oxygen atoms in total. The molecule has 2 atom stereocenters. The summed E-state index contributed by atoms with van der Waals surface area (Å²) in [4.78, 5) is 28.2. The number of hydrogen-bond donors (Lipinski definition) is 1. The Hall–Kier alpha value is -4.21. The van der Waals surface area contributed by atoms with Gasteiger partial charge in [-0.2, -0.15) is 0 Å². The van der Waals surface area contributed by atoms with E-state index in [1.807, 2.05) is 30.3 Å². The summed E-state index contributed by atoms with van der Waals surface area (Å²) in [5.41, 5.74) is 1.10. The SMILES string of the molecule is COc1ccc(C(=O)N2CC[C@@H](NC(=O)c3ccccc3OC(F)(F)F)[C@@H](c3ccccc3)C2)cc1OC. The van der Waals surface area contributed by atoms with Gasteiger partial charge in [-0.25, -0.2) is 0 Å². The minimum Gasteiger partial charge on any atom is -0.493 e. The second-order valence-corrected chi connectivity index (χ2v) is 8.75. The van der Waals surface area contributed by atoms with Crippen LogP contribution in [-0.4, -0.2) is 56.4 Å². The van der Waals surface area contributed by atoms with Crippen molar-refractivity contribution in [3.63, 3.8) is 0 Å². The highest BCUT2D eigenvalue weighted by Gasteiger charge is 2.36. The molecule has 1 fully saturated rings. The van der Waals surface area contributed by atoms with Crippen molar-refractivity contribution in [2.24, 2.45) is 0 Å². The molecule has 0 unspecified atom stereocenters. The summed E-state index contributed by atoms with van der Waals surface area (Å²) >= 11 is 0. The molecule has 10 heteroatoms. The standard InChI is InChI=1S/C28H27F3N2O5/c1-36-24-13-12-19(16-25(24)37-2)27(35)33-15-14-22(21(17-33)18-8-4-3-5-9-18)32-26(34)20-10-6-7-11-23(20)38-28(29,30)31/h3-13,16,21-22H,14-15,17H2,1-2H3,(H,32,34)/t21-,22-/m1/s1. The van der Waals surface area contributed by atoms with Crippen LogP contribution in [-0.2, 0) is 0 Å². The number of piperidine rings is 1. The molecule has 0 aliphatic carbocycles. The molecule has 0 bridgehead atoms. The third kappa shape index (κ3) is 6.19. The maximum absolute atomic E-state index is 13.4. The number of hydrogen-bond acceptors (Lipinski definition) is 5. The van der Waals surface area contributed by atoms with Crippen molar-refractivity contribution in [1.29, 1.82) is 0 Å². The molecule has 4 rings (SSSR count). The van der Waals surface area contributed by atoms with Crippen molar-refractivity contribution in [3.8, 4) is 17.2 Å². The maximum Gasteiger partial charge on any atom is 0.573 e. The zero-order chi connectivity index (χ0) is 27.3. The number of likely N-dealkylation sites (tertiary alicyclic amines) is 1. The number of amides is 2. The number of nitrogens with one attached hydrogen (secondary N) is 1. The topological polar surface area (TPSA) is 77.1 Å². The third-order valence-corrected chi connectivity index (χ3v) is 6.43. The van der Waals surface area contributed by atoms with E-state index >= 15 is 0 Å². The van der Waals surface area contributed by atoms with E-state index in [0.717, 1.165) is 11.6 Å². The minimum absolute atomic E-state index is 0.208. The van der Waals surface area contributed by atoms with Gasteiger partial charge in [-0.05, 0) is 42.3 Å². The fourth-order valence-corrected chi connectivity index (χ4v) is 4.61. The summed E-state index contributed by atoms with van der Waals surface area (Å²) in [6.45, 7) is 0.630. The molecule has 200 valence electrons. The predicted molar refractivity (Wildman–Crippen MR) is 134 cm³/mol. The highest BCUT2D eigenvalue weighted by Crippen LogP contribution is 2.32. The van der Waals surface area contributed by atoms with Gasteiger partial charge in [0.1, 0.15) is 5.75 Å². The molecule has 2 amide bonds. The van der Waals surface area contributed by atoms with Gasteiger partial charge in [-0.3, -0.25) is 9.59 Å². The predicted octanol–water partition coefficient (Wildman–Crippen LogP) is 5.03. The molecule has 0 radical (unpaired) electrons. The normalized spacial score (nSPS) is 17.4. The van der Waals surface area contributed by atoms with Crippen molar-refractivity contribution < 1.29 is 37.0 Å². The summed E-state index contributed by atoms with van der Waals surface area (Å²) in [7, 11) is 3.00. The Kier molecular flexibility index (Phi) is 8.09. The Morgan fingerprint density at radius 2 is 1.58 bits per heavy atom. The van der Waals surface area contributed by atoms with Gasteiger partial charge in [-0.15, -0.1) is 13.2 Å². The Morgan fingerprint density at radius 1 is 0.895 bits per heavy atom. The maximum atomic E-state index is 13.4. The lowest BCUT2D eigenvalue weighted by Gasteiger charge is -2.39. The van der Waals surface area contributed by atoms with E-state index in [9.17, 15) is 22.8 Å². The molecule has 3 aromatic rings. The number of halogens is 3. The van der Waals surface area contributed by atoms with E-state index in [1.54, 1.807) is 23.1 Å². The van der Waals surface area contributed by atoms with E-state index in [4.69, 9.17) is 9.47 Å². The molecule has 38 heavy (non-hydrogen) atoms. The summed E-state index contributed by atoms with van der Waals surface area (Å²) < 4.78 is 53.2. The molecule has 0 saturated carbocycles. The van der Waals surface area contributed by atoms with Crippen LogP contribution in [0.3, 0.4) is 0 Å². The largest absolute Gasteiger partial charge is 0.573 e. The Balaban J connectivity index is 1.56. The van der Waals surface area contributed by atoms with Crippen LogP contribution in [0.5, 0.6) is 17.2 Å². The molecular weight excluding hydrogens is 501 g/mol. The first-order valence-electron chi connectivity index (χ1n) is 11.9. The minimum atomic E-state index is -4.93. The quantitative estimate of drug-likeness (QED) is 0.466. The van der Waals surface area contributed by atoms with Gasteiger partial charge >= 0.3 is 6.36 Å². The smallest absolute Gasteiger partial charge is 0.493 e. The van der Waals surface area contributed by atoms with Gasteiger partial charge in [0.25, 0.3) is 11.8 Å². The average molecular weight is 529 g/mol. The van der Waals surface area contributed by atoms with Gasteiger partial charge in [-0.1, -0.05) is 42.5 Å². The Labute approximate surface area is 218 Å². The third-order valence-electron chi connectivity index (χ3n) is 6.43. The van der Waals surface area contributed by atoms with Gasteiger partial charge in [0.05, 0.1) is 19.8 Å². The van der Waals surface area contributed by atoms with Crippen LogP contribution in [0.25, 0.3) is 0 Å². The monoisotopic (exact) mass is 528 g/mol. The first-order chi connectivity index (χ1) is 18.2. The van der Waals surface area contributed by atoms with E-state index in [-0.39, 0.29) is 17.4 Å². The summed E-state index contributed by atoms with van der Waals surface area (Å²) in [6.07, 6.45) is -4.54. The highest BCUT2D eigenvalue weighted by molar-refractivity contribution is 5.97. The zero-order valence-electron chi connectivity index (χ0n) is 20.8. The lowest BCUT2D eigenvalue weighted by Crippen LogP contribution is -2.51. The van der Waals surface area contributed by atoms with Crippen LogP contribution < -0.4 is 19.5 Å². The molecule has 1 heterocycles.